The third-order valence-electron chi connectivity index (χ3n) is 6.44. The number of Topliss-reactive ketones (excluding diaryl/α,β-unsaturated/α-hetero) is 1. The van der Waals surface area contributed by atoms with Gasteiger partial charge >= 0.3 is 0 Å². The number of ketones is 1. The first-order valence-electron chi connectivity index (χ1n) is 10.8. The molecule has 1 N–H and O–H groups in total. The Bertz CT molecular complexity index is 1350. The summed E-state index contributed by atoms with van der Waals surface area (Å²) in [6.45, 7) is 2.11. The molecule has 0 spiro atoms. The van der Waals surface area contributed by atoms with E-state index < -0.39 is 15.4 Å². The van der Waals surface area contributed by atoms with E-state index in [0.29, 0.717) is 11.5 Å². The Morgan fingerprint density at radius 2 is 1.76 bits per heavy atom. The molecule has 5 rings (SSSR count). The lowest BCUT2D eigenvalue weighted by atomic mass is 9.88. The number of nitrogens with zero attached hydrogens (tertiary/aromatic N) is 1. The van der Waals surface area contributed by atoms with Crippen LogP contribution < -0.4 is 14.2 Å². The highest BCUT2D eigenvalue weighted by atomic mass is 32.2. The molecule has 2 aliphatic rings. The van der Waals surface area contributed by atoms with Crippen LogP contribution in [0, 0.1) is 6.92 Å². The smallest absolute Gasteiger partial charge is 0.240 e. The first kappa shape index (κ1) is 21.6. The summed E-state index contributed by atoms with van der Waals surface area (Å²) < 4.78 is 37.0. The molecule has 0 bridgehead atoms. The summed E-state index contributed by atoms with van der Waals surface area (Å²) in [5, 5.41) is 0. The number of nitrogens with one attached hydrogen (secondary N) is 1. The monoisotopic (exact) mass is 464 g/mol. The van der Waals surface area contributed by atoms with Crippen molar-refractivity contribution in [3.63, 3.8) is 0 Å². The Morgan fingerprint density at radius 1 is 1.03 bits per heavy atom. The molecule has 1 aromatic heterocycles. The van der Waals surface area contributed by atoms with Crippen molar-refractivity contribution in [1.29, 1.82) is 0 Å². The summed E-state index contributed by atoms with van der Waals surface area (Å²) in [7, 11) is -2.10. The van der Waals surface area contributed by atoms with Crippen LogP contribution in [0.5, 0.6) is 11.5 Å². The van der Waals surface area contributed by atoms with E-state index in [0.717, 1.165) is 40.9 Å². The van der Waals surface area contributed by atoms with Gasteiger partial charge in [0.05, 0.1) is 10.3 Å². The second-order valence-corrected chi connectivity index (χ2v) is 10.3. The van der Waals surface area contributed by atoms with Gasteiger partial charge in [0.25, 0.3) is 0 Å². The van der Waals surface area contributed by atoms with Crippen molar-refractivity contribution in [2.24, 2.45) is 0 Å². The molecule has 0 amide bonds. The molecule has 3 aromatic rings. The number of sulfonamides is 1. The predicted molar refractivity (Wildman–Crippen MR) is 123 cm³/mol. The van der Waals surface area contributed by atoms with Crippen LogP contribution in [-0.2, 0) is 26.7 Å². The number of carbonyl (C=O) groups excluding carboxylic acids is 1. The van der Waals surface area contributed by atoms with Crippen molar-refractivity contribution < 1.29 is 22.7 Å². The highest BCUT2D eigenvalue weighted by Crippen LogP contribution is 2.51. The fraction of sp³-hybridized carbons (Fsp3) is 0.280. The largest absolute Gasteiger partial charge is 0.454 e. The van der Waals surface area contributed by atoms with Gasteiger partial charge in [-0.2, -0.15) is 0 Å². The first-order valence-corrected chi connectivity index (χ1v) is 12.2. The van der Waals surface area contributed by atoms with Gasteiger partial charge in [-0.05, 0) is 68.3 Å². The lowest BCUT2D eigenvalue weighted by Crippen LogP contribution is -2.23. The standard InChI is InChI=1S/C25H24N2O5S/c1-16-21(17-3-7-20(8-4-17)33(29,30)26-2)9-6-19(27-16)14-24(28)25(11-12-25)18-5-10-22-23(13-18)32-15-31-22/h3-10,13,26H,11-12,14-15H2,1-2H3. The van der Waals surface area contributed by atoms with E-state index in [1.54, 1.807) is 24.3 Å². The second kappa shape index (κ2) is 7.97. The number of hydrogen-bond donors (Lipinski definition) is 1. The zero-order valence-electron chi connectivity index (χ0n) is 18.4. The number of aryl methyl sites for hydroxylation is 1. The van der Waals surface area contributed by atoms with Gasteiger partial charge in [0.2, 0.25) is 16.8 Å². The summed E-state index contributed by atoms with van der Waals surface area (Å²) in [4.78, 5) is 18.1. The Hall–Kier alpha value is -3.23. The SMILES string of the molecule is CNS(=O)(=O)c1ccc(-c2ccc(CC(=O)C3(c4ccc5c(c4)OCO5)CC3)nc2C)cc1. The number of benzene rings is 2. The average Bonchev–Trinajstić information content (AvgIpc) is 3.50. The molecule has 1 aliphatic heterocycles. The van der Waals surface area contributed by atoms with Crippen LogP contribution in [-0.4, -0.2) is 33.0 Å². The summed E-state index contributed by atoms with van der Waals surface area (Å²) in [5.74, 6) is 1.56. The molecular formula is C25H24N2O5S. The fourth-order valence-corrected chi connectivity index (χ4v) is 5.06. The van der Waals surface area contributed by atoms with Gasteiger partial charge in [0.15, 0.2) is 11.5 Å². The molecule has 1 aliphatic carbocycles. The number of pyridine rings is 1. The van der Waals surface area contributed by atoms with Gasteiger partial charge in [-0.15, -0.1) is 0 Å². The van der Waals surface area contributed by atoms with E-state index in [2.05, 4.69) is 9.71 Å². The molecule has 7 nitrogen and oxygen atoms in total. The Morgan fingerprint density at radius 3 is 2.42 bits per heavy atom. The van der Waals surface area contributed by atoms with E-state index in [1.165, 1.54) is 7.05 Å². The van der Waals surface area contributed by atoms with Crippen LogP contribution in [0.3, 0.4) is 0 Å². The fourth-order valence-electron chi connectivity index (χ4n) is 4.33. The number of carbonyl (C=O) groups is 1. The van der Waals surface area contributed by atoms with Crippen molar-refractivity contribution in [2.45, 2.75) is 36.5 Å². The third kappa shape index (κ3) is 3.89. The van der Waals surface area contributed by atoms with Crippen LogP contribution in [0.2, 0.25) is 0 Å². The molecule has 2 aromatic carbocycles. The minimum Gasteiger partial charge on any atom is -0.454 e. The van der Waals surface area contributed by atoms with Gasteiger partial charge in [-0.3, -0.25) is 9.78 Å². The van der Waals surface area contributed by atoms with E-state index >= 15 is 0 Å². The molecule has 0 atom stereocenters. The van der Waals surface area contributed by atoms with Crippen molar-refractivity contribution in [3.05, 3.63) is 71.5 Å². The number of ether oxygens (including phenoxy) is 2. The molecule has 0 saturated heterocycles. The van der Waals surface area contributed by atoms with Crippen LogP contribution in [0.15, 0.2) is 59.5 Å². The summed E-state index contributed by atoms with van der Waals surface area (Å²) in [5.41, 5.74) is 3.79. The number of aromatic nitrogens is 1. The van der Waals surface area contributed by atoms with Crippen LogP contribution in [0.1, 0.15) is 29.8 Å². The Labute approximate surface area is 192 Å². The summed E-state index contributed by atoms with van der Waals surface area (Å²) >= 11 is 0. The minimum atomic E-state index is -3.48. The lowest BCUT2D eigenvalue weighted by molar-refractivity contribution is -0.120. The van der Waals surface area contributed by atoms with Crippen LogP contribution >= 0.6 is 0 Å². The number of rotatable bonds is 7. The molecule has 2 heterocycles. The maximum Gasteiger partial charge on any atom is 0.240 e. The van der Waals surface area contributed by atoms with Gasteiger partial charge in [0, 0.05) is 23.4 Å². The normalized spacial score (nSPS) is 15.9. The number of hydrogen-bond acceptors (Lipinski definition) is 6. The van der Waals surface area contributed by atoms with E-state index in [4.69, 9.17) is 9.47 Å². The lowest BCUT2D eigenvalue weighted by Gasteiger charge is -2.15. The van der Waals surface area contributed by atoms with Gasteiger partial charge in [-0.1, -0.05) is 24.3 Å². The Kier molecular flexibility index (Phi) is 5.22. The molecule has 33 heavy (non-hydrogen) atoms. The molecule has 170 valence electrons. The van der Waals surface area contributed by atoms with Crippen molar-refractivity contribution in [2.75, 3.05) is 13.8 Å². The maximum absolute atomic E-state index is 13.2. The highest BCUT2D eigenvalue weighted by Gasteiger charge is 2.51. The van der Waals surface area contributed by atoms with Crippen molar-refractivity contribution in [3.8, 4) is 22.6 Å². The van der Waals surface area contributed by atoms with Crippen molar-refractivity contribution in [1.82, 2.24) is 9.71 Å². The minimum absolute atomic E-state index is 0.155. The van der Waals surface area contributed by atoms with Gasteiger partial charge in [-0.25, -0.2) is 13.1 Å². The van der Waals surface area contributed by atoms with E-state index in [1.807, 2.05) is 37.3 Å². The van der Waals surface area contributed by atoms with Gasteiger partial charge in [0.1, 0.15) is 5.78 Å². The average molecular weight is 465 g/mol. The summed E-state index contributed by atoms with van der Waals surface area (Å²) in [6, 6.07) is 16.2. The summed E-state index contributed by atoms with van der Waals surface area (Å²) in [6.07, 6.45) is 1.91. The predicted octanol–water partition coefficient (Wildman–Crippen LogP) is 3.54. The molecule has 0 radical (unpaired) electrons. The van der Waals surface area contributed by atoms with E-state index in [-0.39, 0.29) is 23.9 Å². The Balaban J connectivity index is 1.34. The zero-order chi connectivity index (χ0) is 23.2. The van der Waals surface area contributed by atoms with Crippen molar-refractivity contribution >= 4 is 15.8 Å². The number of fused-ring (bicyclic) bond motifs is 1. The second-order valence-electron chi connectivity index (χ2n) is 8.42. The molecular weight excluding hydrogens is 440 g/mol. The third-order valence-corrected chi connectivity index (χ3v) is 7.87. The van der Waals surface area contributed by atoms with Crippen LogP contribution in [0.4, 0.5) is 0 Å². The first-order chi connectivity index (χ1) is 15.8. The van der Waals surface area contributed by atoms with Gasteiger partial charge < -0.3 is 9.47 Å². The topological polar surface area (TPSA) is 94.6 Å². The van der Waals surface area contributed by atoms with E-state index in [9.17, 15) is 13.2 Å². The quantitative estimate of drug-likeness (QED) is 0.575. The van der Waals surface area contributed by atoms with Crippen LogP contribution in [0.25, 0.3) is 11.1 Å². The zero-order valence-corrected chi connectivity index (χ0v) is 19.2. The molecule has 1 fully saturated rings. The molecule has 8 heteroatoms. The maximum atomic E-state index is 13.2. The highest BCUT2D eigenvalue weighted by molar-refractivity contribution is 7.89. The molecule has 1 saturated carbocycles. The molecule has 0 unspecified atom stereocenters.